The van der Waals surface area contributed by atoms with Crippen LogP contribution in [-0.4, -0.2) is 55.8 Å². The Morgan fingerprint density at radius 1 is 1.54 bits per heavy atom. The SMILES string of the molecule is C=NC(CC(=O)NCC1C=CC(OC)=CC1)=C(SN(C)C)C(=O)O. The van der Waals surface area contributed by atoms with Crippen LogP contribution in [-0.2, 0) is 14.3 Å². The van der Waals surface area contributed by atoms with Crippen LogP contribution in [0.25, 0.3) is 0 Å². The Bertz CT molecular complexity index is 582. The maximum absolute atomic E-state index is 12.1. The summed E-state index contributed by atoms with van der Waals surface area (Å²) in [6.45, 7) is 3.85. The lowest BCUT2D eigenvalue weighted by Crippen LogP contribution is -2.29. The highest BCUT2D eigenvalue weighted by Gasteiger charge is 2.19. The average molecular weight is 353 g/mol. The molecule has 1 rings (SSSR count). The zero-order valence-corrected chi connectivity index (χ0v) is 14.9. The number of carboxylic acids is 1. The Morgan fingerprint density at radius 3 is 2.71 bits per heavy atom. The second kappa shape index (κ2) is 9.94. The van der Waals surface area contributed by atoms with Gasteiger partial charge in [-0.25, -0.2) is 4.79 Å². The number of carboxylic acid groups (broad SMARTS) is 1. The van der Waals surface area contributed by atoms with Crippen LogP contribution in [0.4, 0.5) is 0 Å². The van der Waals surface area contributed by atoms with Crippen molar-refractivity contribution in [2.24, 2.45) is 10.9 Å². The van der Waals surface area contributed by atoms with Gasteiger partial charge in [0.15, 0.2) is 0 Å². The van der Waals surface area contributed by atoms with E-state index in [2.05, 4.69) is 17.0 Å². The Kier molecular flexibility index (Phi) is 8.28. The van der Waals surface area contributed by atoms with Crippen LogP contribution in [0.3, 0.4) is 0 Å². The summed E-state index contributed by atoms with van der Waals surface area (Å²) in [5.74, 6) is -0.417. The summed E-state index contributed by atoms with van der Waals surface area (Å²) in [5, 5.41) is 12.1. The van der Waals surface area contributed by atoms with Gasteiger partial charge >= 0.3 is 5.97 Å². The minimum atomic E-state index is -1.13. The highest BCUT2D eigenvalue weighted by atomic mass is 32.2. The molecule has 0 aliphatic heterocycles. The summed E-state index contributed by atoms with van der Waals surface area (Å²) in [5.41, 5.74) is 0.152. The van der Waals surface area contributed by atoms with Crippen LogP contribution < -0.4 is 5.32 Å². The molecule has 0 radical (unpaired) electrons. The monoisotopic (exact) mass is 353 g/mol. The van der Waals surface area contributed by atoms with Crippen molar-refractivity contribution in [3.8, 4) is 0 Å². The lowest BCUT2D eigenvalue weighted by atomic mass is 10.00. The van der Waals surface area contributed by atoms with E-state index < -0.39 is 5.97 Å². The minimum absolute atomic E-state index is 0.00428. The van der Waals surface area contributed by atoms with Crippen molar-refractivity contribution in [2.45, 2.75) is 12.8 Å². The second-order valence-corrected chi connectivity index (χ2v) is 6.61. The first-order valence-electron chi connectivity index (χ1n) is 7.34. The fourth-order valence-electron chi connectivity index (χ4n) is 2.01. The molecule has 8 heteroatoms. The van der Waals surface area contributed by atoms with Gasteiger partial charge in [0, 0.05) is 6.54 Å². The first kappa shape index (κ1) is 20.0. The van der Waals surface area contributed by atoms with Crippen molar-refractivity contribution in [3.05, 3.63) is 34.6 Å². The molecule has 1 amide bonds. The quantitative estimate of drug-likeness (QED) is 0.373. The van der Waals surface area contributed by atoms with Gasteiger partial charge in [-0.3, -0.25) is 14.1 Å². The van der Waals surface area contributed by atoms with Crippen molar-refractivity contribution < 1.29 is 19.4 Å². The third kappa shape index (κ3) is 6.59. The summed E-state index contributed by atoms with van der Waals surface area (Å²) >= 11 is 0.998. The first-order valence-corrected chi connectivity index (χ1v) is 8.12. The molecule has 0 aromatic rings. The molecule has 1 unspecified atom stereocenters. The number of amides is 1. The molecular formula is C16H23N3O4S. The molecule has 24 heavy (non-hydrogen) atoms. The molecule has 0 bridgehead atoms. The minimum Gasteiger partial charge on any atom is -0.497 e. The molecule has 1 aliphatic rings. The number of aliphatic imine (C=N–C) groups is 1. The average Bonchev–Trinajstić information content (AvgIpc) is 2.56. The van der Waals surface area contributed by atoms with E-state index in [0.29, 0.717) is 6.54 Å². The summed E-state index contributed by atoms with van der Waals surface area (Å²) in [4.78, 5) is 27.1. The van der Waals surface area contributed by atoms with Crippen LogP contribution in [0.5, 0.6) is 0 Å². The predicted octanol–water partition coefficient (Wildman–Crippen LogP) is 1.81. The molecule has 0 saturated heterocycles. The lowest BCUT2D eigenvalue weighted by Gasteiger charge is -2.16. The fraction of sp³-hybridized carbons (Fsp3) is 0.438. The summed E-state index contributed by atoms with van der Waals surface area (Å²) in [6.07, 6.45) is 6.46. The number of rotatable bonds is 9. The number of ether oxygens (including phenoxy) is 1. The molecule has 1 aliphatic carbocycles. The molecule has 0 spiro atoms. The maximum atomic E-state index is 12.1. The van der Waals surface area contributed by atoms with E-state index in [1.54, 1.807) is 25.5 Å². The third-order valence-corrected chi connectivity index (χ3v) is 4.16. The van der Waals surface area contributed by atoms with E-state index in [1.807, 2.05) is 18.2 Å². The number of hydrogen-bond donors (Lipinski definition) is 2. The van der Waals surface area contributed by atoms with Crippen LogP contribution >= 0.6 is 11.9 Å². The summed E-state index contributed by atoms with van der Waals surface area (Å²) in [7, 11) is 5.04. The van der Waals surface area contributed by atoms with Gasteiger partial charge in [0.25, 0.3) is 0 Å². The van der Waals surface area contributed by atoms with Gasteiger partial charge in [0.2, 0.25) is 5.91 Å². The van der Waals surface area contributed by atoms with E-state index in [0.717, 1.165) is 24.1 Å². The first-order chi connectivity index (χ1) is 11.4. The smallest absolute Gasteiger partial charge is 0.345 e. The highest BCUT2D eigenvalue weighted by molar-refractivity contribution is 8.01. The normalized spacial score (nSPS) is 17.8. The number of nitrogens with zero attached hydrogens (tertiary/aromatic N) is 2. The van der Waals surface area contributed by atoms with Crippen molar-refractivity contribution in [1.29, 1.82) is 0 Å². The van der Waals surface area contributed by atoms with E-state index in [4.69, 9.17) is 4.74 Å². The van der Waals surface area contributed by atoms with E-state index in [1.165, 1.54) is 0 Å². The summed E-state index contributed by atoms with van der Waals surface area (Å²) in [6, 6.07) is 0. The molecule has 0 saturated carbocycles. The predicted molar refractivity (Wildman–Crippen MR) is 95.5 cm³/mol. The van der Waals surface area contributed by atoms with Crippen LogP contribution in [0.1, 0.15) is 12.8 Å². The zero-order valence-electron chi connectivity index (χ0n) is 14.1. The lowest BCUT2D eigenvalue weighted by molar-refractivity contribution is -0.131. The molecule has 7 nitrogen and oxygen atoms in total. The molecule has 0 fully saturated rings. The van der Waals surface area contributed by atoms with Crippen LogP contribution in [0.2, 0.25) is 0 Å². The third-order valence-electron chi connectivity index (χ3n) is 3.20. The molecule has 0 aromatic carbocycles. The van der Waals surface area contributed by atoms with E-state index in [9.17, 15) is 14.7 Å². The molecule has 1 atom stereocenters. The Hall–Kier alpha value is -2.06. The van der Waals surface area contributed by atoms with Gasteiger partial charge < -0.3 is 15.2 Å². The molecule has 2 N–H and O–H groups in total. The van der Waals surface area contributed by atoms with Gasteiger partial charge in [0.05, 0.1) is 19.2 Å². The number of aliphatic carboxylic acids is 1. The maximum Gasteiger partial charge on any atom is 0.345 e. The summed E-state index contributed by atoms with van der Waals surface area (Å²) < 4.78 is 6.74. The van der Waals surface area contributed by atoms with E-state index >= 15 is 0 Å². The van der Waals surface area contributed by atoms with Gasteiger partial charge in [-0.15, -0.1) is 0 Å². The van der Waals surface area contributed by atoms with Crippen molar-refractivity contribution in [2.75, 3.05) is 27.7 Å². The standard InChI is InChI=1S/C16H23N3O4S/c1-17-13(15(16(21)22)24-19(2)3)9-14(20)18-10-11-5-7-12(23-4)8-6-11/h5,7-8,11H,1,6,9-10H2,2-4H3,(H,18,20)(H,21,22). The molecule has 0 aromatic heterocycles. The molecular weight excluding hydrogens is 330 g/mol. The second-order valence-electron chi connectivity index (χ2n) is 5.29. The number of carbonyl (C=O) groups is 2. The number of hydrogen-bond acceptors (Lipinski definition) is 6. The number of carbonyl (C=O) groups excluding carboxylic acids is 1. The Morgan fingerprint density at radius 2 is 2.25 bits per heavy atom. The number of allylic oxidation sites excluding steroid dienone is 2. The van der Waals surface area contributed by atoms with Crippen molar-refractivity contribution in [3.63, 3.8) is 0 Å². The van der Waals surface area contributed by atoms with Gasteiger partial charge in [-0.1, -0.05) is 6.08 Å². The number of methoxy groups -OCH3 is 1. The highest BCUT2D eigenvalue weighted by Crippen LogP contribution is 2.24. The zero-order chi connectivity index (χ0) is 18.1. The molecule has 0 heterocycles. The Labute approximate surface area is 146 Å². The topological polar surface area (TPSA) is 91.2 Å². The van der Waals surface area contributed by atoms with E-state index in [-0.39, 0.29) is 28.8 Å². The van der Waals surface area contributed by atoms with Gasteiger partial charge in [-0.05, 0) is 57.3 Å². The van der Waals surface area contributed by atoms with Crippen molar-refractivity contribution in [1.82, 2.24) is 9.62 Å². The van der Waals surface area contributed by atoms with Gasteiger partial charge in [-0.2, -0.15) is 0 Å². The van der Waals surface area contributed by atoms with Crippen LogP contribution in [0.15, 0.2) is 39.6 Å². The fourth-order valence-corrected chi connectivity index (χ4v) is 2.70. The Balaban J connectivity index is 2.61. The molecule has 132 valence electrons. The van der Waals surface area contributed by atoms with Gasteiger partial charge in [0.1, 0.15) is 10.7 Å². The number of nitrogens with one attached hydrogen (secondary N) is 1. The van der Waals surface area contributed by atoms with Crippen LogP contribution in [0, 0.1) is 5.92 Å². The largest absolute Gasteiger partial charge is 0.497 e. The van der Waals surface area contributed by atoms with Crippen molar-refractivity contribution >= 4 is 30.5 Å².